The predicted octanol–water partition coefficient (Wildman–Crippen LogP) is 4.65. The molecular formula is C26H28N4O. The number of amides is 1. The first-order valence-corrected chi connectivity index (χ1v) is 10.7. The molecule has 0 unspecified atom stereocenters. The molecule has 1 amide bonds. The molecule has 4 aromatic rings. The van der Waals surface area contributed by atoms with Crippen molar-refractivity contribution in [2.24, 2.45) is 5.73 Å². The molecule has 5 heteroatoms. The van der Waals surface area contributed by atoms with Crippen LogP contribution in [0.1, 0.15) is 34.5 Å². The van der Waals surface area contributed by atoms with Crippen molar-refractivity contribution in [3.05, 3.63) is 83.6 Å². The van der Waals surface area contributed by atoms with Crippen LogP contribution < -0.4 is 5.73 Å². The van der Waals surface area contributed by atoms with Crippen LogP contribution in [-0.2, 0) is 6.54 Å². The Balaban J connectivity index is 0.00000112. The summed E-state index contributed by atoms with van der Waals surface area (Å²) < 4.78 is 2.13. The molecule has 5 rings (SSSR count). The first-order chi connectivity index (χ1) is 15.2. The molecule has 1 aromatic heterocycles. The fraction of sp³-hybridized carbons (Fsp3) is 0.231. The Hall–Kier alpha value is -3.44. The lowest BCUT2D eigenvalue weighted by Gasteiger charge is -2.18. The maximum Gasteiger partial charge on any atom is 0.270 e. The van der Waals surface area contributed by atoms with Crippen molar-refractivity contribution in [3.8, 4) is 0 Å². The Morgan fingerprint density at radius 2 is 1.71 bits per heavy atom. The van der Waals surface area contributed by atoms with Crippen LogP contribution in [0.15, 0.2) is 66.7 Å². The number of rotatable bonds is 4. The zero-order chi connectivity index (χ0) is 21.8. The van der Waals surface area contributed by atoms with Crippen LogP contribution in [0.2, 0.25) is 0 Å². The van der Waals surface area contributed by atoms with Gasteiger partial charge < -0.3 is 20.6 Å². The molecule has 0 radical (unpaired) electrons. The van der Waals surface area contributed by atoms with E-state index in [0.29, 0.717) is 6.54 Å². The number of benzene rings is 3. The maximum absolute atomic E-state index is 13.3. The van der Waals surface area contributed by atoms with Crippen LogP contribution in [0.3, 0.4) is 0 Å². The highest BCUT2D eigenvalue weighted by molar-refractivity contribution is 6.00. The first-order valence-electron chi connectivity index (χ1n) is 10.7. The standard InChI is InChI=1S/C25H23N3O.CH5N/c26-16-18-10-11-20-15-24(25(29)27-12-3-4-13-27)28(23(20)14-18)17-21-8-5-7-19-6-1-2-9-22(19)21;1-2/h1-2,5-11,14-16,26H,3-4,12-13,17H2;2H2,1H3. The molecule has 1 aliphatic heterocycles. The van der Waals surface area contributed by atoms with Crippen molar-refractivity contribution in [2.75, 3.05) is 20.1 Å². The van der Waals surface area contributed by atoms with E-state index in [1.54, 1.807) is 0 Å². The largest absolute Gasteiger partial charge is 0.337 e. The average molecular weight is 413 g/mol. The molecule has 3 N–H and O–H groups in total. The summed E-state index contributed by atoms with van der Waals surface area (Å²) in [6.45, 7) is 2.29. The van der Waals surface area contributed by atoms with Crippen LogP contribution in [0.5, 0.6) is 0 Å². The van der Waals surface area contributed by atoms with Crippen molar-refractivity contribution in [1.82, 2.24) is 9.47 Å². The smallest absolute Gasteiger partial charge is 0.270 e. The van der Waals surface area contributed by atoms with E-state index in [9.17, 15) is 4.79 Å². The number of nitrogens with two attached hydrogens (primary N) is 1. The highest BCUT2D eigenvalue weighted by Gasteiger charge is 2.24. The third-order valence-corrected chi connectivity index (χ3v) is 5.92. The van der Waals surface area contributed by atoms with E-state index in [4.69, 9.17) is 5.41 Å². The van der Waals surface area contributed by atoms with Gasteiger partial charge >= 0.3 is 0 Å². The minimum absolute atomic E-state index is 0.107. The van der Waals surface area contributed by atoms with E-state index in [-0.39, 0.29) is 5.91 Å². The van der Waals surface area contributed by atoms with E-state index < -0.39 is 0 Å². The Kier molecular flexibility index (Phi) is 6.14. The molecule has 1 fully saturated rings. The van der Waals surface area contributed by atoms with E-state index in [2.05, 4.69) is 52.8 Å². The monoisotopic (exact) mass is 412 g/mol. The number of hydrogen-bond donors (Lipinski definition) is 2. The van der Waals surface area contributed by atoms with Gasteiger partial charge in [0.2, 0.25) is 0 Å². The molecule has 0 bridgehead atoms. The Bertz CT molecular complexity index is 1230. The van der Waals surface area contributed by atoms with Gasteiger partial charge in [-0.05, 0) is 53.9 Å². The minimum atomic E-state index is 0.107. The van der Waals surface area contributed by atoms with Gasteiger partial charge in [-0.15, -0.1) is 0 Å². The topological polar surface area (TPSA) is 75.1 Å². The number of carbonyl (C=O) groups is 1. The van der Waals surface area contributed by atoms with Crippen LogP contribution in [0, 0.1) is 5.41 Å². The second-order valence-corrected chi connectivity index (χ2v) is 7.72. The number of fused-ring (bicyclic) bond motifs is 2. The lowest BCUT2D eigenvalue weighted by molar-refractivity contribution is 0.0783. The van der Waals surface area contributed by atoms with Gasteiger partial charge in [0.15, 0.2) is 0 Å². The molecule has 1 aliphatic rings. The van der Waals surface area contributed by atoms with Gasteiger partial charge in [0.1, 0.15) is 5.69 Å². The summed E-state index contributed by atoms with van der Waals surface area (Å²) in [5.41, 5.74) is 8.27. The van der Waals surface area contributed by atoms with Crippen LogP contribution >= 0.6 is 0 Å². The zero-order valence-corrected chi connectivity index (χ0v) is 17.8. The zero-order valence-electron chi connectivity index (χ0n) is 17.8. The highest BCUT2D eigenvalue weighted by atomic mass is 16.2. The van der Waals surface area contributed by atoms with Gasteiger partial charge in [0.25, 0.3) is 5.91 Å². The SMILES string of the molecule is CN.N=Cc1ccc2cc(C(=O)N3CCCC3)n(Cc3cccc4ccccc34)c2c1. The number of aromatic nitrogens is 1. The number of nitrogens with zero attached hydrogens (tertiary/aromatic N) is 2. The predicted molar refractivity (Wildman–Crippen MR) is 128 cm³/mol. The fourth-order valence-corrected chi connectivity index (χ4v) is 4.39. The molecule has 0 aliphatic carbocycles. The van der Waals surface area contributed by atoms with Crippen molar-refractivity contribution in [1.29, 1.82) is 5.41 Å². The van der Waals surface area contributed by atoms with E-state index in [0.717, 1.165) is 48.1 Å². The lowest BCUT2D eigenvalue weighted by Crippen LogP contribution is -2.29. The van der Waals surface area contributed by atoms with Gasteiger partial charge in [-0.25, -0.2) is 0 Å². The molecule has 3 aromatic carbocycles. The quantitative estimate of drug-likeness (QED) is 0.479. The summed E-state index contributed by atoms with van der Waals surface area (Å²) in [5.74, 6) is 0.107. The molecule has 1 saturated heterocycles. The Morgan fingerprint density at radius 3 is 2.48 bits per heavy atom. The van der Waals surface area contributed by atoms with Gasteiger partial charge in [-0.2, -0.15) is 0 Å². The van der Waals surface area contributed by atoms with Crippen LogP contribution in [-0.4, -0.2) is 41.7 Å². The van der Waals surface area contributed by atoms with E-state index in [1.165, 1.54) is 29.6 Å². The number of likely N-dealkylation sites (tertiary alicyclic amines) is 1. The molecule has 0 spiro atoms. The van der Waals surface area contributed by atoms with Gasteiger partial charge in [-0.3, -0.25) is 4.79 Å². The molecule has 5 nitrogen and oxygen atoms in total. The summed E-state index contributed by atoms with van der Waals surface area (Å²) >= 11 is 0. The van der Waals surface area contributed by atoms with Crippen molar-refractivity contribution >= 4 is 33.8 Å². The lowest BCUT2D eigenvalue weighted by atomic mass is 10.0. The Morgan fingerprint density at radius 1 is 0.968 bits per heavy atom. The summed E-state index contributed by atoms with van der Waals surface area (Å²) in [7, 11) is 1.50. The first kappa shape index (κ1) is 20.8. The summed E-state index contributed by atoms with van der Waals surface area (Å²) in [5, 5.41) is 11.1. The van der Waals surface area contributed by atoms with Crippen LogP contribution in [0.4, 0.5) is 0 Å². The van der Waals surface area contributed by atoms with Gasteiger partial charge in [0, 0.05) is 36.8 Å². The van der Waals surface area contributed by atoms with Crippen molar-refractivity contribution in [3.63, 3.8) is 0 Å². The van der Waals surface area contributed by atoms with Crippen molar-refractivity contribution < 1.29 is 4.79 Å². The summed E-state index contributed by atoms with van der Waals surface area (Å²) in [4.78, 5) is 15.3. The fourth-order valence-electron chi connectivity index (χ4n) is 4.39. The number of hydrogen-bond acceptors (Lipinski definition) is 3. The summed E-state index contributed by atoms with van der Waals surface area (Å²) in [6, 6.07) is 22.7. The van der Waals surface area contributed by atoms with Gasteiger partial charge in [0.05, 0.1) is 0 Å². The molecule has 0 atom stereocenters. The normalized spacial score (nSPS) is 13.3. The summed E-state index contributed by atoms with van der Waals surface area (Å²) in [6.07, 6.45) is 3.51. The molecular weight excluding hydrogens is 384 g/mol. The highest BCUT2D eigenvalue weighted by Crippen LogP contribution is 2.27. The third kappa shape index (κ3) is 3.97. The third-order valence-electron chi connectivity index (χ3n) is 5.92. The van der Waals surface area contributed by atoms with E-state index >= 15 is 0 Å². The Labute approximate surface area is 182 Å². The van der Waals surface area contributed by atoms with Crippen LogP contribution in [0.25, 0.3) is 21.7 Å². The number of nitrogens with one attached hydrogen (secondary N) is 1. The second kappa shape index (κ2) is 9.14. The average Bonchev–Trinajstić information content (AvgIpc) is 3.49. The molecule has 158 valence electrons. The molecule has 2 heterocycles. The number of carbonyl (C=O) groups excluding carboxylic acids is 1. The molecule has 31 heavy (non-hydrogen) atoms. The second-order valence-electron chi connectivity index (χ2n) is 7.72. The minimum Gasteiger partial charge on any atom is -0.337 e. The maximum atomic E-state index is 13.3. The van der Waals surface area contributed by atoms with Crippen molar-refractivity contribution in [2.45, 2.75) is 19.4 Å². The molecule has 0 saturated carbocycles. The van der Waals surface area contributed by atoms with E-state index in [1.807, 2.05) is 29.2 Å². The van der Waals surface area contributed by atoms with Gasteiger partial charge in [-0.1, -0.05) is 54.6 Å².